The topological polar surface area (TPSA) is 26.3 Å². The lowest BCUT2D eigenvalue weighted by molar-refractivity contribution is -0.0594. The second-order valence-electron chi connectivity index (χ2n) is 13.9. The van der Waals surface area contributed by atoms with Gasteiger partial charge in [0.15, 0.2) is 0 Å². The molecule has 0 N–H and O–H groups in total. The fourth-order valence-electron chi connectivity index (χ4n) is 9.55. The van der Waals surface area contributed by atoms with Crippen molar-refractivity contribution in [1.82, 2.24) is 0 Å². The monoisotopic (exact) mass is 490 g/mol. The summed E-state index contributed by atoms with van der Waals surface area (Å²) in [5.74, 6) is 5.03. The standard InChI is InChI=1S/C34H50O2/c1-23(2)10-9-11-24(3)29-16-17-30-28-15-14-26-22-27(36-32(35)25-12-7-6-8-13-25)18-20-33(26,4)31(28)19-21-34(29,30)5/h6-8,12-14,23-24,27-31H,9-11,15-22H2,1-5H3/t24-,27-,28+,29+,30+,31-,33-,34+/m0/s1. The molecule has 4 aliphatic rings. The molecule has 0 heterocycles. The number of carbonyl (C=O) groups excluding carboxylic acids is 1. The molecule has 3 saturated carbocycles. The maximum absolute atomic E-state index is 12.7. The number of allylic oxidation sites excluding steroid dienone is 1. The molecule has 0 spiro atoms. The van der Waals surface area contributed by atoms with Crippen LogP contribution in [-0.4, -0.2) is 12.1 Å². The highest BCUT2D eigenvalue weighted by atomic mass is 16.5. The van der Waals surface area contributed by atoms with Crippen LogP contribution in [-0.2, 0) is 4.74 Å². The highest BCUT2D eigenvalue weighted by molar-refractivity contribution is 5.89. The Morgan fingerprint density at radius 3 is 2.50 bits per heavy atom. The van der Waals surface area contributed by atoms with Crippen LogP contribution < -0.4 is 0 Å². The average molecular weight is 491 g/mol. The lowest BCUT2D eigenvalue weighted by atomic mass is 9.47. The van der Waals surface area contributed by atoms with E-state index in [0.717, 1.165) is 48.3 Å². The maximum Gasteiger partial charge on any atom is 0.338 e. The van der Waals surface area contributed by atoms with Gasteiger partial charge in [-0.2, -0.15) is 0 Å². The van der Waals surface area contributed by atoms with Gasteiger partial charge in [-0.25, -0.2) is 4.79 Å². The van der Waals surface area contributed by atoms with Gasteiger partial charge >= 0.3 is 5.97 Å². The molecule has 4 aliphatic carbocycles. The predicted octanol–water partition coefficient (Wildman–Crippen LogP) is 9.25. The number of ether oxygens (including phenoxy) is 1. The van der Waals surface area contributed by atoms with Gasteiger partial charge in [0.25, 0.3) is 0 Å². The Morgan fingerprint density at radius 2 is 1.75 bits per heavy atom. The molecule has 5 rings (SSSR count). The van der Waals surface area contributed by atoms with Gasteiger partial charge in [-0.1, -0.05) is 83.7 Å². The predicted molar refractivity (Wildman–Crippen MR) is 149 cm³/mol. The Kier molecular flexibility index (Phi) is 7.45. The van der Waals surface area contributed by atoms with Crippen LogP contribution in [0.2, 0.25) is 0 Å². The Labute approximate surface area is 220 Å². The minimum Gasteiger partial charge on any atom is -0.458 e. The molecule has 0 amide bonds. The Morgan fingerprint density at radius 1 is 0.972 bits per heavy atom. The van der Waals surface area contributed by atoms with Crippen LogP contribution >= 0.6 is 0 Å². The largest absolute Gasteiger partial charge is 0.458 e. The van der Waals surface area contributed by atoms with Crippen molar-refractivity contribution in [2.75, 3.05) is 0 Å². The molecule has 0 radical (unpaired) electrons. The van der Waals surface area contributed by atoms with Crippen molar-refractivity contribution in [3.8, 4) is 0 Å². The SMILES string of the molecule is CC(C)CCC[C@H](C)[C@H]1CC[C@@H]2[C@H]3CC=C4C[C@@H](OC(=O)c5ccccc5)CC[C@]4(C)[C@H]3CC[C@@]21C. The Bertz CT molecular complexity index is 947. The second-order valence-corrected chi connectivity index (χ2v) is 13.9. The average Bonchev–Trinajstić information content (AvgIpc) is 3.22. The van der Waals surface area contributed by atoms with E-state index >= 15 is 0 Å². The summed E-state index contributed by atoms with van der Waals surface area (Å²) >= 11 is 0. The minimum atomic E-state index is -0.161. The molecule has 36 heavy (non-hydrogen) atoms. The van der Waals surface area contributed by atoms with Crippen molar-refractivity contribution in [2.45, 2.75) is 111 Å². The van der Waals surface area contributed by atoms with Crippen LogP contribution in [0.3, 0.4) is 0 Å². The van der Waals surface area contributed by atoms with Gasteiger partial charge in [0.2, 0.25) is 0 Å². The molecule has 1 aromatic rings. The van der Waals surface area contributed by atoms with Crippen LogP contribution in [0.15, 0.2) is 42.0 Å². The van der Waals surface area contributed by atoms with Crippen LogP contribution in [0.25, 0.3) is 0 Å². The number of carbonyl (C=O) groups is 1. The van der Waals surface area contributed by atoms with Crippen molar-refractivity contribution in [2.24, 2.45) is 46.3 Å². The number of fused-ring (bicyclic) bond motifs is 5. The third kappa shape index (κ3) is 4.71. The lowest BCUT2D eigenvalue weighted by Crippen LogP contribution is -2.51. The van der Waals surface area contributed by atoms with E-state index in [0.29, 0.717) is 16.4 Å². The van der Waals surface area contributed by atoms with Crippen molar-refractivity contribution in [3.63, 3.8) is 0 Å². The highest BCUT2D eigenvalue weighted by Gasteiger charge is 2.59. The zero-order valence-electron chi connectivity index (χ0n) is 23.6. The highest BCUT2D eigenvalue weighted by Crippen LogP contribution is 2.67. The van der Waals surface area contributed by atoms with E-state index in [1.807, 2.05) is 30.3 Å². The van der Waals surface area contributed by atoms with E-state index in [-0.39, 0.29) is 12.1 Å². The first kappa shape index (κ1) is 26.1. The summed E-state index contributed by atoms with van der Waals surface area (Å²) in [6.07, 6.45) is 17.0. The first-order valence-corrected chi connectivity index (χ1v) is 15.2. The van der Waals surface area contributed by atoms with Crippen molar-refractivity contribution in [1.29, 1.82) is 0 Å². The molecule has 0 unspecified atom stereocenters. The van der Waals surface area contributed by atoms with E-state index in [1.54, 1.807) is 5.57 Å². The van der Waals surface area contributed by atoms with Gasteiger partial charge in [0, 0.05) is 6.42 Å². The first-order valence-electron chi connectivity index (χ1n) is 15.2. The summed E-state index contributed by atoms with van der Waals surface area (Å²) in [4.78, 5) is 12.7. The summed E-state index contributed by atoms with van der Waals surface area (Å²) in [7, 11) is 0. The van der Waals surface area contributed by atoms with Gasteiger partial charge in [0.05, 0.1) is 5.56 Å². The molecule has 0 aliphatic heterocycles. The number of hydrogen-bond donors (Lipinski definition) is 0. The molecule has 0 aromatic heterocycles. The van der Waals surface area contributed by atoms with Crippen LogP contribution in [0.1, 0.15) is 116 Å². The van der Waals surface area contributed by atoms with Gasteiger partial charge in [0.1, 0.15) is 6.10 Å². The summed E-state index contributed by atoms with van der Waals surface area (Å²) < 4.78 is 6.00. The van der Waals surface area contributed by atoms with Gasteiger partial charge in [-0.15, -0.1) is 0 Å². The number of hydrogen-bond acceptors (Lipinski definition) is 2. The quantitative estimate of drug-likeness (QED) is 0.281. The zero-order valence-corrected chi connectivity index (χ0v) is 23.6. The Hall–Kier alpha value is -1.57. The van der Waals surface area contributed by atoms with E-state index < -0.39 is 0 Å². The number of rotatable bonds is 7. The molecule has 2 heteroatoms. The van der Waals surface area contributed by atoms with Gasteiger partial charge in [-0.3, -0.25) is 0 Å². The van der Waals surface area contributed by atoms with Crippen LogP contribution in [0.4, 0.5) is 0 Å². The third-order valence-corrected chi connectivity index (χ3v) is 11.5. The normalized spacial score (nSPS) is 38.5. The van der Waals surface area contributed by atoms with E-state index in [9.17, 15) is 4.79 Å². The number of benzene rings is 1. The molecule has 3 fully saturated rings. The smallest absolute Gasteiger partial charge is 0.338 e. The summed E-state index contributed by atoms with van der Waals surface area (Å²) in [6, 6.07) is 9.49. The van der Waals surface area contributed by atoms with E-state index in [4.69, 9.17) is 4.74 Å². The zero-order chi connectivity index (χ0) is 25.5. The van der Waals surface area contributed by atoms with Gasteiger partial charge < -0.3 is 4.74 Å². The third-order valence-electron chi connectivity index (χ3n) is 11.5. The molecule has 2 nitrogen and oxygen atoms in total. The lowest BCUT2D eigenvalue weighted by Gasteiger charge is -2.58. The second kappa shape index (κ2) is 10.3. The minimum absolute atomic E-state index is 0.0324. The molecule has 8 atom stereocenters. The molecule has 198 valence electrons. The molecule has 0 bridgehead atoms. The molecule has 1 aromatic carbocycles. The summed E-state index contributed by atoms with van der Waals surface area (Å²) in [6.45, 7) is 12.6. The maximum atomic E-state index is 12.7. The van der Waals surface area contributed by atoms with Crippen molar-refractivity contribution in [3.05, 3.63) is 47.5 Å². The molecule has 0 saturated heterocycles. The fourth-order valence-corrected chi connectivity index (χ4v) is 9.55. The summed E-state index contributed by atoms with van der Waals surface area (Å²) in [5, 5.41) is 0. The fraction of sp³-hybridized carbons (Fsp3) is 0.735. The molecular formula is C34H50O2. The van der Waals surface area contributed by atoms with Gasteiger partial charge in [-0.05, 0) is 103 Å². The van der Waals surface area contributed by atoms with E-state index in [1.165, 1.54) is 57.8 Å². The van der Waals surface area contributed by atoms with Crippen molar-refractivity contribution >= 4 is 5.97 Å². The summed E-state index contributed by atoms with van der Waals surface area (Å²) in [5.41, 5.74) is 3.12. The van der Waals surface area contributed by atoms with Crippen molar-refractivity contribution < 1.29 is 9.53 Å². The van der Waals surface area contributed by atoms with E-state index in [2.05, 4.69) is 40.7 Å². The van der Waals surface area contributed by atoms with Crippen LogP contribution in [0, 0.1) is 46.3 Å². The van der Waals surface area contributed by atoms with Crippen LogP contribution in [0.5, 0.6) is 0 Å². The molecular weight excluding hydrogens is 440 g/mol. The first-order chi connectivity index (χ1) is 17.2. The number of esters is 1. The Balaban J connectivity index is 1.25.